The minimum Gasteiger partial charge on any atom is -0.383 e. The van der Waals surface area contributed by atoms with E-state index in [0.717, 1.165) is 11.0 Å². The third-order valence-corrected chi connectivity index (χ3v) is 5.74. The summed E-state index contributed by atoms with van der Waals surface area (Å²) in [4.78, 5) is 29.2. The highest BCUT2D eigenvalue weighted by atomic mass is 35.5. The number of thioether (sulfide) groups is 1. The van der Waals surface area contributed by atoms with E-state index in [2.05, 4.69) is 10.3 Å². The van der Waals surface area contributed by atoms with Crippen LogP contribution in [0.25, 0.3) is 11.0 Å². The van der Waals surface area contributed by atoms with Gasteiger partial charge in [0.15, 0.2) is 10.9 Å². The first-order valence-corrected chi connectivity index (χ1v) is 10.4. The van der Waals surface area contributed by atoms with Crippen molar-refractivity contribution >= 4 is 51.8 Å². The molecule has 6 nitrogen and oxygen atoms in total. The van der Waals surface area contributed by atoms with E-state index in [0.29, 0.717) is 34.6 Å². The molecule has 1 unspecified atom stereocenters. The summed E-state index contributed by atoms with van der Waals surface area (Å²) in [5, 5.41) is 3.75. The lowest BCUT2D eigenvalue weighted by Gasteiger charge is -2.14. The van der Waals surface area contributed by atoms with Crippen LogP contribution in [0.1, 0.15) is 24.2 Å². The standard InChI is InChI=1S/C21H22ClN3O3S/c1-13(26)16-6-4-5-7-17(16)23-20(27)14(2)29-21-24-18-12-15(22)8-9-19(18)25(21)10-11-28-3/h4-9,12,14H,10-11H2,1-3H3,(H,23,27). The number of hydrogen-bond acceptors (Lipinski definition) is 5. The molecule has 0 aliphatic heterocycles. The number of anilines is 1. The topological polar surface area (TPSA) is 73.2 Å². The molecule has 0 aliphatic carbocycles. The number of methoxy groups -OCH3 is 1. The zero-order chi connectivity index (χ0) is 21.0. The van der Waals surface area contributed by atoms with Gasteiger partial charge in [-0.05, 0) is 44.2 Å². The van der Waals surface area contributed by atoms with E-state index in [1.807, 2.05) is 23.6 Å². The summed E-state index contributed by atoms with van der Waals surface area (Å²) in [7, 11) is 1.64. The maximum Gasteiger partial charge on any atom is 0.237 e. The number of halogens is 1. The number of Topliss-reactive ketones (excluding diaryl/α,β-unsaturated/α-hetero) is 1. The lowest BCUT2D eigenvalue weighted by atomic mass is 10.1. The molecule has 1 atom stereocenters. The fourth-order valence-electron chi connectivity index (χ4n) is 2.91. The van der Waals surface area contributed by atoms with Gasteiger partial charge in [-0.25, -0.2) is 4.98 Å². The molecule has 152 valence electrons. The SMILES string of the molecule is COCCn1c(SC(C)C(=O)Nc2ccccc2C(C)=O)nc2cc(Cl)ccc21. The van der Waals surface area contributed by atoms with Crippen molar-refractivity contribution in [1.29, 1.82) is 0 Å². The van der Waals surface area contributed by atoms with Crippen molar-refractivity contribution < 1.29 is 14.3 Å². The maximum absolute atomic E-state index is 12.8. The smallest absolute Gasteiger partial charge is 0.237 e. The van der Waals surface area contributed by atoms with Crippen molar-refractivity contribution in [3.63, 3.8) is 0 Å². The second kappa shape index (κ2) is 9.43. The van der Waals surface area contributed by atoms with Crippen LogP contribution in [0.4, 0.5) is 5.69 Å². The minimum atomic E-state index is -0.427. The van der Waals surface area contributed by atoms with E-state index in [9.17, 15) is 9.59 Å². The van der Waals surface area contributed by atoms with E-state index in [-0.39, 0.29) is 11.7 Å². The Morgan fingerprint density at radius 1 is 1.28 bits per heavy atom. The molecule has 3 rings (SSSR count). The van der Waals surface area contributed by atoms with Crippen LogP contribution < -0.4 is 5.32 Å². The number of nitrogens with zero attached hydrogens (tertiary/aromatic N) is 2. The molecule has 29 heavy (non-hydrogen) atoms. The number of imidazole rings is 1. The molecule has 1 heterocycles. The number of fused-ring (bicyclic) bond motifs is 1. The quantitative estimate of drug-likeness (QED) is 0.415. The summed E-state index contributed by atoms with van der Waals surface area (Å²) in [6.07, 6.45) is 0. The molecule has 8 heteroatoms. The Balaban J connectivity index is 1.82. The summed E-state index contributed by atoms with van der Waals surface area (Å²) < 4.78 is 7.24. The van der Waals surface area contributed by atoms with Crippen LogP contribution in [0.2, 0.25) is 5.02 Å². The molecule has 0 spiro atoms. The fourth-order valence-corrected chi connectivity index (χ4v) is 4.03. The Bertz CT molecular complexity index is 1050. The van der Waals surface area contributed by atoms with Crippen LogP contribution in [0.3, 0.4) is 0 Å². The lowest BCUT2D eigenvalue weighted by Crippen LogP contribution is -2.24. The zero-order valence-corrected chi connectivity index (χ0v) is 18.0. The fraction of sp³-hybridized carbons (Fsp3) is 0.286. The molecule has 0 radical (unpaired) electrons. The van der Waals surface area contributed by atoms with E-state index in [4.69, 9.17) is 16.3 Å². The van der Waals surface area contributed by atoms with Crippen LogP contribution in [-0.4, -0.2) is 40.2 Å². The van der Waals surface area contributed by atoms with Gasteiger partial charge in [0.05, 0.1) is 28.6 Å². The molecule has 3 aromatic rings. The normalized spacial score (nSPS) is 12.1. The van der Waals surface area contributed by atoms with Crippen molar-refractivity contribution in [2.75, 3.05) is 19.0 Å². The molecule has 2 aromatic carbocycles. The van der Waals surface area contributed by atoms with Crippen LogP contribution in [0.5, 0.6) is 0 Å². The number of carbonyl (C=O) groups excluding carboxylic acids is 2. The number of nitrogens with one attached hydrogen (secondary N) is 1. The average molecular weight is 432 g/mol. The van der Waals surface area contributed by atoms with Crippen LogP contribution >= 0.6 is 23.4 Å². The first-order valence-electron chi connectivity index (χ1n) is 9.13. The third-order valence-electron chi connectivity index (χ3n) is 4.41. The van der Waals surface area contributed by atoms with Gasteiger partial charge in [-0.2, -0.15) is 0 Å². The number of para-hydroxylation sites is 1. The summed E-state index contributed by atoms with van der Waals surface area (Å²) in [5.41, 5.74) is 2.70. The highest BCUT2D eigenvalue weighted by Gasteiger charge is 2.21. The van der Waals surface area contributed by atoms with Gasteiger partial charge in [0, 0.05) is 24.2 Å². The van der Waals surface area contributed by atoms with Crippen molar-refractivity contribution in [3.05, 3.63) is 53.1 Å². The van der Waals surface area contributed by atoms with Gasteiger partial charge in [0.25, 0.3) is 0 Å². The van der Waals surface area contributed by atoms with Crippen LogP contribution in [0.15, 0.2) is 47.6 Å². The second-order valence-corrected chi connectivity index (χ2v) is 8.27. The van der Waals surface area contributed by atoms with Crippen molar-refractivity contribution in [3.8, 4) is 0 Å². The summed E-state index contributed by atoms with van der Waals surface area (Å²) >= 11 is 7.45. The second-order valence-electron chi connectivity index (χ2n) is 6.52. The largest absolute Gasteiger partial charge is 0.383 e. The zero-order valence-electron chi connectivity index (χ0n) is 16.4. The first-order chi connectivity index (χ1) is 13.9. The lowest BCUT2D eigenvalue weighted by molar-refractivity contribution is -0.115. The summed E-state index contributed by atoms with van der Waals surface area (Å²) in [6.45, 7) is 4.42. The van der Waals surface area contributed by atoms with Crippen LogP contribution in [-0.2, 0) is 16.1 Å². The summed E-state index contributed by atoms with van der Waals surface area (Å²) in [6, 6.07) is 12.5. The average Bonchev–Trinajstić information content (AvgIpc) is 3.02. The Kier molecular flexibility index (Phi) is 6.95. The first kappa shape index (κ1) is 21.4. The molecule has 1 aromatic heterocycles. The van der Waals surface area contributed by atoms with Crippen molar-refractivity contribution in [2.24, 2.45) is 0 Å². The molecule has 0 saturated carbocycles. The van der Waals surface area contributed by atoms with Gasteiger partial charge in [-0.3, -0.25) is 9.59 Å². The number of hydrogen-bond donors (Lipinski definition) is 1. The molecule has 0 aliphatic rings. The Morgan fingerprint density at radius 3 is 2.76 bits per heavy atom. The predicted molar refractivity (Wildman–Crippen MR) is 117 cm³/mol. The number of ketones is 1. The number of aromatic nitrogens is 2. The van der Waals surface area contributed by atoms with Gasteiger partial charge in [-0.1, -0.05) is 35.5 Å². The van der Waals surface area contributed by atoms with Crippen molar-refractivity contribution in [1.82, 2.24) is 9.55 Å². The van der Waals surface area contributed by atoms with Crippen LogP contribution in [0, 0.1) is 0 Å². The molecule has 0 bridgehead atoms. The van der Waals surface area contributed by atoms with Crippen molar-refractivity contribution in [2.45, 2.75) is 30.8 Å². The van der Waals surface area contributed by atoms with Gasteiger partial charge in [0.2, 0.25) is 5.91 Å². The molecular weight excluding hydrogens is 410 g/mol. The number of carbonyl (C=O) groups is 2. The van der Waals surface area contributed by atoms with Gasteiger partial charge >= 0.3 is 0 Å². The van der Waals surface area contributed by atoms with E-state index in [1.165, 1.54) is 18.7 Å². The third kappa shape index (κ3) is 4.98. The van der Waals surface area contributed by atoms with Gasteiger partial charge in [-0.15, -0.1) is 0 Å². The van der Waals surface area contributed by atoms with Gasteiger partial charge < -0.3 is 14.6 Å². The molecule has 0 fully saturated rings. The Labute approximate surface area is 178 Å². The molecule has 1 N–H and O–H groups in total. The maximum atomic E-state index is 12.8. The number of benzene rings is 2. The van der Waals surface area contributed by atoms with E-state index >= 15 is 0 Å². The highest BCUT2D eigenvalue weighted by molar-refractivity contribution is 8.00. The molecule has 0 saturated heterocycles. The van der Waals surface area contributed by atoms with E-state index < -0.39 is 5.25 Å². The number of rotatable bonds is 8. The minimum absolute atomic E-state index is 0.0977. The Morgan fingerprint density at radius 2 is 2.03 bits per heavy atom. The molecular formula is C21H22ClN3O3S. The predicted octanol–water partition coefficient (Wildman–Crippen LogP) is 4.66. The summed E-state index contributed by atoms with van der Waals surface area (Å²) in [5.74, 6) is -0.300. The molecule has 1 amide bonds. The number of ether oxygens (including phenoxy) is 1. The number of amides is 1. The monoisotopic (exact) mass is 431 g/mol. The van der Waals surface area contributed by atoms with E-state index in [1.54, 1.807) is 37.4 Å². The Hall–Kier alpha value is -2.35. The highest BCUT2D eigenvalue weighted by Crippen LogP contribution is 2.29. The van der Waals surface area contributed by atoms with Gasteiger partial charge in [0.1, 0.15) is 0 Å².